The number of imidazole rings is 1. The smallest absolute Gasteiger partial charge is 0.361 e. The Morgan fingerprint density at radius 1 is 1.18 bits per heavy atom. The summed E-state index contributed by atoms with van der Waals surface area (Å²) in [5.41, 5.74) is -0.947. The van der Waals surface area contributed by atoms with E-state index < -0.39 is 45.9 Å². The number of aromatic nitrogens is 3. The number of fused-ring (bicyclic) bond motifs is 2. The Bertz CT molecular complexity index is 2050. The van der Waals surface area contributed by atoms with E-state index in [0.29, 0.717) is 17.6 Å². The van der Waals surface area contributed by atoms with Crippen molar-refractivity contribution in [3.63, 3.8) is 0 Å². The van der Waals surface area contributed by atoms with E-state index in [0.717, 1.165) is 16.1 Å². The number of hydrogen-bond donors (Lipinski definition) is 0. The molecule has 8 nitrogen and oxygen atoms in total. The number of hydrogen-bond acceptors (Lipinski definition) is 6. The van der Waals surface area contributed by atoms with E-state index in [1.54, 1.807) is 31.2 Å². The monoisotopic (exact) mass is 654 g/mol. The van der Waals surface area contributed by atoms with Gasteiger partial charge in [0, 0.05) is 31.8 Å². The first-order valence-electron chi connectivity index (χ1n) is 14.3. The molecule has 0 amide bonds. The minimum Gasteiger partial charge on any atom is -0.361 e. The molecule has 13 heteroatoms. The largest absolute Gasteiger partial charge is 0.417 e. The number of carbonyl (C=O) groups excluding carboxylic acids is 1. The van der Waals surface area contributed by atoms with Gasteiger partial charge < -0.3 is 4.74 Å². The Balaban J connectivity index is 1.72. The summed E-state index contributed by atoms with van der Waals surface area (Å²) in [6.07, 6.45) is 3.02. The van der Waals surface area contributed by atoms with Crippen molar-refractivity contribution in [3.8, 4) is 6.07 Å². The normalized spacial score (nSPS) is 17.3. The fraction of sp³-hybridized carbons (Fsp3) is 0.344. The first-order chi connectivity index (χ1) is 21.0. The van der Waals surface area contributed by atoms with Crippen molar-refractivity contribution >= 4 is 45.8 Å². The van der Waals surface area contributed by atoms with E-state index >= 15 is 0 Å². The second kappa shape index (κ2) is 11.4. The number of alkyl halides is 3. The second-order valence-electron chi connectivity index (χ2n) is 12.7. The molecule has 5 rings (SSSR count). The summed E-state index contributed by atoms with van der Waals surface area (Å²) < 4.78 is 78.6. The van der Waals surface area contributed by atoms with Gasteiger partial charge in [0.05, 0.1) is 33.7 Å². The summed E-state index contributed by atoms with van der Waals surface area (Å²) >= 11 is 0. The van der Waals surface area contributed by atoms with Crippen LogP contribution in [0.2, 0.25) is 25.7 Å². The Hall–Kier alpha value is -3.99. The summed E-state index contributed by atoms with van der Waals surface area (Å²) in [7, 11) is -5.64. The third-order valence-corrected chi connectivity index (χ3v) is 12.0. The molecule has 0 saturated heterocycles. The topological polar surface area (TPSA) is 107 Å². The molecule has 236 valence electrons. The molecule has 0 N–H and O–H groups in total. The molecule has 0 radical (unpaired) electrons. The number of halogens is 3. The fourth-order valence-corrected chi connectivity index (χ4v) is 7.91. The number of allylic oxidation sites excluding steroid dienone is 3. The number of rotatable bonds is 9. The zero-order chi connectivity index (χ0) is 32.9. The molecule has 2 aromatic carbocycles. The number of aryl methyl sites for hydroxylation is 1. The van der Waals surface area contributed by atoms with E-state index in [4.69, 9.17) is 4.74 Å². The lowest BCUT2D eigenvalue weighted by molar-refractivity contribution is -0.137. The molecule has 1 unspecified atom stereocenters. The zero-order valence-electron chi connectivity index (χ0n) is 25.6. The van der Waals surface area contributed by atoms with Crippen LogP contribution in [0.5, 0.6) is 0 Å². The molecule has 2 aromatic heterocycles. The third-order valence-electron chi connectivity index (χ3n) is 8.02. The van der Waals surface area contributed by atoms with Crippen LogP contribution in [0.3, 0.4) is 0 Å². The molecule has 1 aliphatic rings. The van der Waals surface area contributed by atoms with Gasteiger partial charge >= 0.3 is 6.18 Å². The highest BCUT2D eigenvalue weighted by atomic mass is 32.2. The average Bonchev–Trinajstić information content (AvgIpc) is 3.57. The number of benzene rings is 2. The minimum atomic E-state index is -4.94. The molecule has 2 heterocycles. The van der Waals surface area contributed by atoms with Gasteiger partial charge in [0.2, 0.25) is 15.8 Å². The molecule has 0 aliphatic heterocycles. The first-order valence-corrected chi connectivity index (χ1v) is 19.5. The molecule has 4 aromatic rings. The van der Waals surface area contributed by atoms with Crippen molar-refractivity contribution in [1.29, 1.82) is 5.26 Å². The molecule has 0 saturated carbocycles. The van der Waals surface area contributed by atoms with Gasteiger partial charge in [-0.2, -0.15) is 18.4 Å². The van der Waals surface area contributed by atoms with Crippen molar-refractivity contribution in [2.24, 2.45) is 0 Å². The van der Waals surface area contributed by atoms with E-state index in [1.165, 1.54) is 42.0 Å². The van der Waals surface area contributed by atoms with Crippen LogP contribution in [-0.4, -0.2) is 47.2 Å². The Labute approximate surface area is 260 Å². The summed E-state index contributed by atoms with van der Waals surface area (Å²) in [5.74, 6) is -1.36. The zero-order valence-corrected chi connectivity index (χ0v) is 27.4. The van der Waals surface area contributed by atoms with Gasteiger partial charge in [-0.05, 0) is 62.2 Å². The Morgan fingerprint density at radius 3 is 2.53 bits per heavy atom. The van der Waals surface area contributed by atoms with Gasteiger partial charge in [-0.25, -0.2) is 17.4 Å². The average molecular weight is 655 g/mol. The highest BCUT2D eigenvalue weighted by Crippen LogP contribution is 2.41. The van der Waals surface area contributed by atoms with Gasteiger partial charge in [-0.3, -0.25) is 9.36 Å². The van der Waals surface area contributed by atoms with Crippen LogP contribution in [0.15, 0.2) is 60.8 Å². The van der Waals surface area contributed by atoms with Crippen LogP contribution in [0.4, 0.5) is 13.2 Å². The van der Waals surface area contributed by atoms with Crippen LogP contribution in [-0.2, 0) is 27.7 Å². The van der Waals surface area contributed by atoms with Crippen molar-refractivity contribution < 1.29 is 31.1 Å². The molecule has 0 bridgehead atoms. The maximum atomic E-state index is 14.6. The van der Waals surface area contributed by atoms with Crippen molar-refractivity contribution in [1.82, 2.24) is 13.5 Å². The van der Waals surface area contributed by atoms with Crippen molar-refractivity contribution in [3.05, 3.63) is 88.9 Å². The second-order valence-corrected chi connectivity index (χ2v) is 20.6. The summed E-state index contributed by atoms with van der Waals surface area (Å²) in [4.78, 5) is 18.7. The van der Waals surface area contributed by atoms with Crippen molar-refractivity contribution in [2.45, 2.75) is 63.6 Å². The van der Waals surface area contributed by atoms with Gasteiger partial charge in [-0.1, -0.05) is 43.9 Å². The van der Waals surface area contributed by atoms with Crippen LogP contribution in [0, 0.1) is 18.3 Å². The predicted molar refractivity (Wildman–Crippen MR) is 169 cm³/mol. The van der Waals surface area contributed by atoms with E-state index in [9.17, 15) is 31.6 Å². The Morgan fingerprint density at radius 2 is 1.91 bits per heavy atom. The maximum Gasteiger partial charge on any atom is 0.417 e. The standard InChI is InChI=1S/C32H33F3N4O4SSi/c1-21-17-24(32(33,34)35)27(23-11-14-39(28(21)23)44(41,42)31(2)12-7-6-8-13-31)29(40)30-37-25-10-9-22(19-36)18-26(25)38(30)20-43-15-16-45(3,4)5/h6-12,14,17-18H,13,15-16,20H2,1-5H3. The number of nitriles is 1. The maximum absolute atomic E-state index is 14.6. The van der Waals surface area contributed by atoms with E-state index in [2.05, 4.69) is 24.6 Å². The molecule has 1 aliphatic carbocycles. The fourth-order valence-electron chi connectivity index (χ4n) is 5.44. The Kier molecular flexibility index (Phi) is 8.22. The summed E-state index contributed by atoms with van der Waals surface area (Å²) in [5, 5.41) is 9.32. The van der Waals surface area contributed by atoms with Crippen molar-refractivity contribution in [2.75, 3.05) is 6.61 Å². The van der Waals surface area contributed by atoms with E-state index in [-0.39, 0.29) is 41.0 Å². The lowest BCUT2D eigenvalue weighted by Gasteiger charge is -2.27. The SMILES string of the molecule is Cc1cc(C(F)(F)F)c(C(=O)c2nc3ccc(C#N)cc3n2COCC[Si](C)(C)C)c2ccn(S(=O)(=O)C3(C)C=CC=CC3)c12. The minimum absolute atomic E-state index is 0.0173. The molecule has 0 spiro atoms. The van der Waals surface area contributed by atoms with Gasteiger partial charge in [0.1, 0.15) is 11.5 Å². The van der Waals surface area contributed by atoms with Crippen LogP contribution < -0.4 is 0 Å². The quantitative estimate of drug-likeness (QED) is 0.107. The van der Waals surface area contributed by atoms with Crippen LogP contribution in [0.1, 0.15) is 46.2 Å². The number of carbonyl (C=O) groups is 1. The highest BCUT2D eigenvalue weighted by Gasteiger charge is 2.42. The summed E-state index contributed by atoms with van der Waals surface area (Å²) in [6, 6.07) is 9.43. The lowest BCUT2D eigenvalue weighted by atomic mass is 9.95. The van der Waals surface area contributed by atoms with E-state index in [1.807, 2.05) is 6.07 Å². The molecule has 0 fully saturated rings. The first kappa shape index (κ1) is 32.4. The molecule has 45 heavy (non-hydrogen) atoms. The molecular formula is C32H33F3N4O4SSi. The summed E-state index contributed by atoms with van der Waals surface area (Å²) in [6.45, 7) is 9.64. The van der Waals surface area contributed by atoms with Gasteiger partial charge in [0.15, 0.2) is 5.82 Å². The van der Waals surface area contributed by atoms with Gasteiger partial charge in [0.25, 0.3) is 0 Å². The number of ether oxygens (including phenoxy) is 1. The number of nitrogens with zero attached hydrogens (tertiary/aromatic N) is 4. The van der Waals surface area contributed by atoms with Gasteiger partial charge in [-0.15, -0.1) is 0 Å². The highest BCUT2D eigenvalue weighted by molar-refractivity contribution is 7.91. The third kappa shape index (κ3) is 5.90. The predicted octanol–water partition coefficient (Wildman–Crippen LogP) is 7.19. The molecular weight excluding hydrogens is 622 g/mol. The molecule has 1 atom stereocenters. The van der Waals surface area contributed by atoms with Crippen LogP contribution >= 0.6 is 0 Å². The lowest BCUT2D eigenvalue weighted by Crippen LogP contribution is -2.37. The van der Waals surface area contributed by atoms with Crippen LogP contribution in [0.25, 0.3) is 21.9 Å². The number of ketones is 1.